The molecule has 0 aliphatic heterocycles. The minimum Gasteiger partial charge on any atom is -0.462 e. The first-order valence-electron chi connectivity index (χ1n) is 7.65. The summed E-state index contributed by atoms with van der Waals surface area (Å²) in [6, 6.07) is 14.4. The number of carbonyl (C=O) groups is 2. The quantitative estimate of drug-likeness (QED) is 0.699. The molecule has 126 valence electrons. The van der Waals surface area contributed by atoms with Gasteiger partial charge in [-0.05, 0) is 49.4 Å². The Morgan fingerprint density at radius 1 is 1.08 bits per heavy atom. The first-order chi connectivity index (χ1) is 11.6. The van der Waals surface area contributed by atoms with Crippen LogP contribution in [0.3, 0.4) is 0 Å². The lowest BCUT2D eigenvalue weighted by atomic mass is 10.2. The highest BCUT2D eigenvalue weighted by atomic mass is 79.9. The summed E-state index contributed by atoms with van der Waals surface area (Å²) in [4.78, 5) is 23.5. The van der Waals surface area contributed by atoms with Gasteiger partial charge in [-0.3, -0.25) is 4.79 Å². The summed E-state index contributed by atoms with van der Waals surface area (Å²) in [5.41, 5.74) is 2.07. The number of carbonyl (C=O) groups excluding carboxylic acids is 2. The van der Waals surface area contributed by atoms with Crippen molar-refractivity contribution < 1.29 is 14.3 Å². The molecule has 0 aliphatic rings. The molecule has 2 rings (SSSR count). The van der Waals surface area contributed by atoms with Gasteiger partial charge in [0.05, 0.1) is 12.2 Å². The Morgan fingerprint density at radius 2 is 1.83 bits per heavy atom. The van der Waals surface area contributed by atoms with Gasteiger partial charge in [0.25, 0.3) is 0 Å². The molecule has 0 atom stereocenters. The van der Waals surface area contributed by atoms with Crippen LogP contribution in [0, 0.1) is 0 Å². The average molecular weight is 391 g/mol. The lowest BCUT2D eigenvalue weighted by Gasteiger charge is -2.08. The van der Waals surface area contributed by atoms with Gasteiger partial charge >= 0.3 is 5.97 Å². The van der Waals surface area contributed by atoms with Crippen molar-refractivity contribution in [3.05, 3.63) is 58.6 Å². The molecule has 0 fully saturated rings. The summed E-state index contributed by atoms with van der Waals surface area (Å²) in [5.74, 6) is -0.463. The fourth-order valence-electron chi connectivity index (χ4n) is 2.05. The van der Waals surface area contributed by atoms with Gasteiger partial charge in [-0.2, -0.15) is 0 Å². The average Bonchev–Trinajstić information content (AvgIpc) is 2.56. The fourth-order valence-corrected chi connectivity index (χ4v) is 2.45. The SMILES string of the molecule is CCOC(=O)c1ccc(NC(=O)CCNc2cccc(Br)c2)cc1. The summed E-state index contributed by atoms with van der Waals surface area (Å²) < 4.78 is 5.90. The zero-order valence-corrected chi connectivity index (χ0v) is 14.9. The Hall–Kier alpha value is -2.34. The van der Waals surface area contributed by atoms with Crippen LogP contribution >= 0.6 is 15.9 Å². The van der Waals surface area contributed by atoms with Gasteiger partial charge < -0.3 is 15.4 Å². The van der Waals surface area contributed by atoms with Crippen molar-refractivity contribution in [1.82, 2.24) is 0 Å². The molecule has 2 aromatic carbocycles. The topological polar surface area (TPSA) is 67.4 Å². The third kappa shape index (κ3) is 5.70. The monoisotopic (exact) mass is 390 g/mol. The highest BCUT2D eigenvalue weighted by Crippen LogP contribution is 2.15. The van der Waals surface area contributed by atoms with Gasteiger partial charge in [-0.25, -0.2) is 4.79 Å². The molecule has 0 saturated heterocycles. The van der Waals surface area contributed by atoms with Crippen LogP contribution in [-0.2, 0) is 9.53 Å². The Morgan fingerprint density at radius 3 is 2.50 bits per heavy atom. The lowest BCUT2D eigenvalue weighted by Crippen LogP contribution is -2.16. The number of halogens is 1. The molecule has 5 nitrogen and oxygen atoms in total. The zero-order chi connectivity index (χ0) is 17.4. The van der Waals surface area contributed by atoms with Gasteiger partial charge in [-0.1, -0.05) is 22.0 Å². The largest absolute Gasteiger partial charge is 0.462 e. The summed E-state index contributed by atoms with van der Waals surface area (Å²) >= 11 is 3.40. The van der Waals surface area contributed by atoms with Gasteiger partial charge in [0.15, 0.2) is 0 Å². The van der Waals surface area contributed by atoms with E-state index in [2.05, 4.69) is 26.6 Å². The van der Waals surface area contributed by atoms with Crippen LogP contribution in [-0.4, -0.2) is 25.0 Å². The molecule has 0 spiro atoms. The number of hydrogen-bond donors (Lipinski definition) is 2. The molecule has 24 heavy (non-hydrogen) atoms. The molecule has 0 heterocycles. The van der Waals surface area contributed by atoms with E-state index in [1.165, 1.54) is 0 Å². The van der Waals surface area contributed by atoms with Crippen molar-refractivity contribution in [2.75, 3.05) is 23.8 Å². The van der Waals surface area contributed by atoms with Crippen LogP contribution in [0.5, 0.6) is 0 Å². The molecular weight excluding hydrogens is 372 g/mol. The Balaban J connectivity index is 1.78. The van der Waals surface area contributed by atoms with E-state index in [0.717, 1.165) is 10.2 Å². The van der Waals surface area contributed by atoms with E-state index in [4.69, 9.17) is 4.74 Å². The number of hydrogen-bond acceptors (Lipinski definition) is 4. The number of anilines is 2. The second-order valence-corrected chi connectivity index (χ2v) is 5.95. The number of rotatable bonds is 7. The fraction of sp³-hybridized carbons (Fsp3) is 0.222. The van der Waals surface area contributed by atoms with Gasteiger partial charge in [-0.15, -0.1) is 0 Å². The second-order valence-electron chi connectivity index (χ2n) is 5.03. The molecule has 0 aromatic heterocycles. The molecule has 0 aliphatic carbocycles. The molecule has 2 aromatic rings. The molecule has 1 amide bonds. The summed E-state index contributed by atoms with van der Waals surface area (Å²) in [6.07, 6.45) is 0.339. The van der Waals surface area contributed by atoms with Crippen molar-refractivity contribution in [1.29, 1.82) is 0 Å². The number of benzene rings is 2. The van der Waals surface area contributed by atoms with Crippen molar-refractivity contribution in [3.63, 3.8) is 0 Å². The Labute approximate surface area is 149 Å². The van der Waals surface area contributed by atoms with Crippen molar-refractivity contribution >= 4 is 39.2 Å². The van der Waals surface area contributed by atoms with Gasteiger partial charge in [0, 0.05) is 28.8 Å². The first kappa shape index (κ1) is 18.0. The lowest BCUT2D eigenvalue weighted by molar-refractivity contribution is -0.115. The molecule has 6 heteroatoms. The van der Waals surface area contributed by atoms with Crippen LogP contribution < -0.4 is 10.6 Å². The third-order valence-corrected chi connectivity index (χ3v) is 3.68. The van der Waals surface area contributed by atoms with E-state index in [1.54, 1.807) is 31.2 Å². The maximum Gasteiger partial charge on any atom is 0.338 e. The van der Waals surface area contributed by atoms with Crippen LogP contribution in [0.4, 0.5) is 11.4 Å². The number of nitrogens with one attached hydrogen (secondary N) is 2. The summed E-state index contributed by atoms with van der Waals surface area (Å²) in [5, 5.41) is 5.99. The van der Waals surface area contributed by atoms with Crippen molar-refractivity contribution in [2.24, 2.45) is 0 Å². The van der Waals surface area contributed by atoms with E-state index >= 15 is 0 Å². The van der Waals surface area contributed by atoms with E-state index in [9.17, 15) is 9.59 Å². The maximum absolute atomic E-state index is 11.9. The predicted molar refractivity (Wildman–Crippen MR) is 98.3 cm³/mol. The number of esters is 1. The van der Waals surface area contributed by atoms with Gasteiger partial charge in [0.2, 0.25) is 5.91 Å². The minimum absolute atomic E-state index is 0.0959. The molecule has 0 bridgehead atoms. The van der Waals surface area contributed by atoms with Crippen LogP contribution in [0.1, 0.15) is 23.7 Å². The summed E-state index contributed by atoms with van der Waals surface area (Å²) in [6.45, 7) is 2.63. The predicted octanol–water partition coefficient (Wildman–Crippen LogP) is 4.07. The maximum atomic E-state index is 11.9. The number of ether oxygens (including phenoxy) is 1. The van der Waals surface area contributed by atoms with Crippen molar-refractivity contribution in [3.8, 4) is 0 Å². The van der Waals surface area contributed by atoms with E-state index in [0.29, 0.717) is 30.8 Å². The normalized spacial score (nSPS) is 10.1. The highest BCUT2D eigenvalue weighted by Gasteiger charge is 2.07. The molecule has 0 radical (unpaired) electrons. The smallest absolute Gasteiger partial charge is 0.338 e. The van der Waals surface area contributed by atoms with E-state index in [-0.39, 0.29) is 11.9 Å². The Kier molecular flexibility index (Phi) is 6.81. The second kappa shape index (κ2) is 9.08. The first-order valence-corrected chi connectivity index (χ1v) is 8.44. The molecule has 2 N–H and O–H groups in total. The molecular formula is C18H19BrN2O3. The molecule has 0 saturated carbocycles. The van der Waals surface area contributed by atoms with E-state index < -0.39 is 0 Å². The van der Waals surface area contributed by atoms with E-state index in [1.807, 2.05) is 24.3 Å². The standard InChI is InChI=1S/C18H19BrN2O3/c1-2-24-18(23)13-6-8-15(9-7-13)21-17(22)10-11-20-16-5-3-4-14(19)12-16/h3-9,12,20H,2,10-11H2,1H3,(H,21,22). The van der Waals surface area contributed by atoms with Crippen LogP contribution in [0.2, 0.25) is 0 Å². The van der Waals surface area contributed by atoms with Crippen LogP contribution in [0.15, 0.2) is 53.0 Å². The van der Waals surface area contributed by atoms with Crippen LogP contribution in [0.25, 0.3) is 0 Å². The van der Waals surface area contributed by atoms with Crippen molar-refractivity contribution in [2.45, 2.75) is 13.3 Å². The highest BCUT2D eigenvalue weighted by molar-refractivity contribution is 9.10. The number of amides is 1. The van der Waals surface area contributed by atoms with Gasteiger partial charge in [0.1, 0.15) is 0 Å². The summed E-state index contributed by atoms with van der Waals surface area (Å²) in [7, 11) is 0. The third-order valence-electron chi connectivity index (χ3n) is 3.19. The Bertz CT molecular complexity index is 702. The zero-order valence-electron chi connectivity index (χ0n) is 13.3. The minimum atomic E-state index is -0.367. The molecule has 0 unspecified atom stereocenters.